The van der Waals surface area contributed by atoms with E-state index in [0.29, 0.717) is 43.9 Å². The van der Waals surface area contributed by atoms with Gasteiger partial charge in [-0.25, -0.2) is 0 Å². The number of hydrogen-bond donors (Lipinski definition) is 2. The zero-order chi connectivity index (χ0) is 23.3. The summed E-state index contributed by atoms with van der Waals surface area (Å²) >= 11 is 4.02. The molecule has 1 saturated heterocycles. The number of hydrogen-bond acceptors (Lipinski definition) is 7. The van der Waals surface area contributed by atoms with E-state index >= 15 is 0 Å². The minimum absolute atomic E-state index is 0.0786. The number of ether oxygens (including phenoxy) is 2. The van der Waals surface area contributed by atoms with Crippen molar-refractivity contribution in [3.05, 3.63) is 57.4 Å². The van der Waals surface area contributed by atoms with Crippen molar-refractivity contribution >= 4 is 62.5 Å². The van der Waals surface area contributed by atoms with E-state index in [-0.39, 0.29) is 17.4 Å². The number of carboxylic acids is 1. The fourth-order valence-electron chi connectivity index (χ4n) is 2.71. The predicted molar refractivity (Wildman–Crippen MR) is 122 cm³/mol. The van der Waals surface area contributed by atoms with E-state index in [1.807, 2.05) is 6.07 Å². The number of methoxy groups -OCH3 is 1. The van der Waals surface area contributed by atoms with E-state index < -0.39 is 23.7 Å². The number of aliphatic carboxylic acids is 1. The van der Waals surface area contributed by atoms with Crippen LogP contribution in [0.3, 0.4) is 0 Å². The van der Waals surface area contributed by atoms with E-state index in [2.05, 4.69) is 21.2 Å². The Morgan fingerprint density at radius 1 is 1.19 bits per heavy atom. The molecule has 0 spiro atoms. The van der Waals surface area contributed by atoms with E-state index in [1.54, 1.807) is 36.4 Å². The molecule has 9 nitrogen and oxygen atoms in total. The third-order valence-corrected chi connectivity index (χ3v) is 5.75. The van der Waals surface area contributed by atoms with Gasteiger partial charge < -0.3 is 19.9 Å². The van der Waals surface area contributed by atoms with Crippen LogP contribution in [0.25, 0.3) is 6.08 Å². The lowest BCUT2D eigenvalue weighted by Gasteiger charge is -2.13. The molecule has 2 N–H and O–H groups in total. The van der Waals surface area contributed by atoms with Crippen LogP contribution >= 0.6 is 27.7 Å². The first-order valence-corrected chi connectivity index (χ1v) is 10.7. The monoisotopic (exact) mass is 520 g/mol. The molecule has 0 unspecified atom stereocenters. The molecule has 1 aliphatic heterocycles. The lowest BCUT2D eigenvalue weighted by molar-refractivity contribution is -0.140. The second-order valence-corrected chi connectivity index (χ2v) is 8.24. The molecule has 1 fully saturated rings. The van der Waals surface area contributed by atoms with Gasteiger partial charge in [-0.1, -0.05) is 34.1 Å². The lowest BCUT2D eigenvalue weighted by atomic mass is 10.2. The average molecular weight is 521 g/mol. The first-order chi connectivity index (χ1) is 15.3. The molecule has 0 saturated carbocycles. The molecule has 0 atom stereocenters. The van der Waals surface area contributed by atoms with Crippen molar-refractivity contribution in [3.8, 4) is 11.5 Å². The molecule has 11 heteroatoms. The highest BCUT2D eigenvalue weighted by Gasteiger charge is 2.36. The highest BCUT2D eigenvalue weighted by atomic mass is 79.9. The Bertz CT molecular complexity index is 1100. The van der Waals surface area contributed by atoms with Crippen LogP contribution in [0, 0.1) is 0 Å². The Hall–Kier alpha value is -3.31. The average Bonchev–Trinajstić information content (AvgIpc) is 3.01. The van der Waals surface area contributed by atoms with Gasteiger partial charge in [-0.3, -0.25) is 24.1 Å². The fourth-order valence-corrected chi connectivity index (χ4v) is 3.97. The van der Waals surface area contributed by atoms with E-state index in [4.69, 9.17) is 14.6 Å². The van der Waals surface area contributed by atoms with Crippen molar-refractivity contribution in [2.75, 3.05) is 25.6 Å². The van der Waals surface area contributed by atoms with Gasteiger partial charge in [0, 0.05) is 10.2 Å². The molecule has 3 amide bonds. The quantitative estimate of drug-likeness (QED) is 0.506. The normalized spacial score (nSPS) is 14.6. The third-order valence-electron chi connectivity index (χ3n) is 4.15. The molecule has 1 aliphatic rings. The zero-order valence-corrected chi connectivity index (χ0v) is 19.1. The van der Waals surface area contributed by atoms with Crippen molar-refractivity contribution in [1.29, 1.82) is 0 Å². The summed E-state index contributed by atoms with van der Waals surface area (Å²) in [7, 11) is 1.42. The Kier molecular flexibility index (Phi) is 7.54. The fraction of sp³-hybridized carbons (Fsp3) is 0.143. The highest BCUT2D eigenvalue weighted by Crippen LogP contribution is 2.38. The van der Waals surface area contributed by atoms with Crippen LogP contribution < -0.4 is 14.8 Å². The summed E-state index contributed by atoms with van der Waals surface area (Å²) in [6, 6.07) is 12.1. The van der Waals surface area contributed by atoms with Crippen LogP contribution in [0.4, 0.5) is 10.5 Å². The largest absolute Gasteiger partial charge is 0.493 e. The number of amides is 3. The maximum atomic E-state index is 12.4. The van der Waals surface area contributed by atoms with Gasteiger partial charge in [0.25, 0.3) is 17.1 Å². The molecule has 32 heavy (non-hydrogen) atoms. The molecular weight excluding hydrogens is 504 g/mol. The summed E-state index contributed by atoms with van der Waals surface area (Å²) in [6.07, 6.45) is 1.45. The number of halogens is 1. The van der Waals surface area contributed by atoms with E-state index in [9.17, 15) is 19.2 Å². The van der Waals surface area contributed by atoms with Crippen LogP contribution in [0.2, 0.25) is 0 Å². The summed E-state index contributed by atoms with van der Waals surface area (Å²) in [5, 5.41) is 10.9. The zero-order valence-electron chi connectivity index (χ0n) is 16.7. The van der Waals surface area contributed by atoms with Crippen LogP contribution in [0.15, 0.2) is 51.8 Å². The van der Waals surface area contributed by atoms with Crippen LogP contribution in [-0.2, 0) is 14.4 Å². The van der Waals surface area contributed by atoms with Crippen molar-refractivity contribution in [2.45, 2.75) is 0 Å². The van der Waals surface area contributed by atoms with Gasteiger partial charge in [0.15, 0.2) is 18.1 Å². The van der Waals surface area contributed by atoms with Gasteiger partial charge in [0.05, 0.1) is 12.0 Å². The number of thioether (sulfide) groups is 1. The van der Waals surface area contributed by atoms with Crippen molar-refractivity contribution in [3.63, 3.8) is 0 Å². The number of imide groups is 1. The number of nitrogens with one attached hydrogen (secondary N) is 1. The smallest absolute Gasteiger partial charge is 0.323 e. The summed E-state index contributed by atoms with van der Waals surface area (Å²) in [5.41, 5.74) is 1.14. The van der Waals surface area contributed by atoms with Crippen molar-refractivity contribution in [1.82, 2.24) is 4.90 Å². The van der Waals surface area contributed by atoms with Crippen LogP contribution in [-0.4, -0.2) is 53.3 Å². The van der Waals surface area contributed by atoms with Crippen LogP contribution in [0.1, 0.15) is 5.56 Å². The molecule has 3 rings (SSSR count). The molecule has 1 heterocycles. The minimum Gasteiger partial charge on any atom is -0.493 e. The molecule has 0 aliphatic carbocycles. The summed E-state index contributed by atoms with van der Waals surface area (Å²) in [5.74, 6) is -1.73. The molecule has 166 valence electrons. The number of nitrogens with zero attached hydrogens (tertiary/aromatic N) is 1. The van der Waals surface area contributed by atoms with Gasteiger partial charge in [0.1, 0.15) is 6.54 Å². The maximum Gasteiger partial charge on any atom is 0.323 e. The first-order valence-electron chi connectivity index (χ1n) is 9.11. The van der Waals surface area contributed by atoms with Gasteiger partial charge >= 0.3 is 5.97 Å². The SMILES string of the molecule is COc1cc(/C=C2/SC(=O)N(CC(=O)O)C2=O)c(Br)cc1OCC(=O)Nc1ccccc1. The Balaban J connectivity index is 1.74. The Labute approximate surface area is 195 Å². The summed E-state index contributed by atoms with van der Waals surface area (Å²) in [4.78, 5) is 48.0. The Morgan fingerprint density at radius 2 is 1.91 bits per heavy atom. The highest BCUT2D eigenvalue weighted by molar-refractivity contribution is 9.10. The van der Waals surface area contributed by atoms with Gasteiger partial charge in [-0.05, 0) is 47.7 Å². The standard InChI is InChI=1S/C21H17BrN2O7S/c1-30-15-7-12(8-17-20(28)24(10-19(26)27)21(29)32-17)14(22)9-16(15)31-11-18(25)23-13-5-3-2-4-6-13/h2-9H,10-11H2,1H3,(H,23,25)(H,26,27)/b17-8+. The lowest BCUT2D eigenvalue weighted by Crippen LogP contribution is -2.33. The Morgan fingerprint density at radius 3 is 2.56 bits per heavy atom. The topological polar surface area (TPSA) is 122 Å². The molecule has 0 bridgehead atoms. The van der Waals surface area contributed by atoms with Gasteiger partial charge in [-0.15, -0.1) is 0 Å². The molecule has 2 aromatic rings. The predicted octanol–water partition coefficient (Wildman–Crippen LogP) is 3.60. The number of benzene rings is 2. The molecule has 0 aromatic heterocycles. The first kappa shape index (κ1) is 23.4. The van der Waals surface area contributed by atoms with Gasteiger partial charge in [-0.2, -0.15) is 0 Å². The number of para-hydroxylation sites is 1. The van der Waals surface area contributed by atoms with E-state index in [0.717, 1.165) is 0 Å². The number of rotatable bonds is 8. The maximum absolute atomic E-state index is 12.4. The third kappa shape index (κ3) is 5.68. The second kappa shape index (κ2) is 10.3. The number of carboxylic acid groups (broad SMARTS) is 1. The molecule has 2 aromatic carbocycles. The number of anilines is 1. The van der Waals surface area contributed by atoms with Crippen LogP contribution in [0.5, 0.6) is 11.5 Å². The second-order valence-electron chi connectivity index (χ2n) is 6.39. The summed E-state index contributed by atoms with van der Waals surface area (Å²) in [6.45, 7) is -0.963. The molecule has 0 radical (unpaired) electrons. The number of carbonyl (C=O) groups excluding carboxylic acids is 3. The minimum atomic E-state index is -1.28. The van der Waals surface area contributed by atoms with Crippen molar-refractivity contribution in [2.24, 2.45) is 0 Å². The number of carbonyl (C=O) groups is 4. The molecular formula is C21H17BrN2O7S. The van der Waals surface area contributed by atoms with E-state index in [1.165, 1.54) is 13.2 Å². The van der Waals surface area contributed by atoms with Gasteiger partial charge in [0.2, 0.25) is 0 Å². The summed E-state index contributed by atoms with van der Waals surface area (Å²) < 4.78 is 11.4. The van der Waals surface area contributed by atoms with Crippen molar-refractivity contribution < 1.29 is 33.8 Å².